The maximum Gasteiger partial charge on any atom is 0.312 e. The Hall–Kier alpha value is -4.45. The van der Waals surface area contributed by atoms with E-state index >= 15 is 0 Å². The number of hydrogen-bond acceptors (Lipinski definition) is 6. The number of Topliss-reactive ketones (excluding diaryl/α,β-unsaturated/α-hetero) is 1. The van der Waals surface area contributed by atoms with Crippen LogP contribution in [0.1, 0.15) is 39.4 Å². The van der Waals surface area contributed by atoms with Crippen molar-refractivity contribution in [3.63, 3.8) is 0 Å². The lowest BCUT2D eigenvalue weighted by atomic mass is 9.84. The van der Waals surface area contributed by atoms with Gasteiger partial charge in [0.25, 0.3) is 0 Å². The van der Waals surface area contributed by atoms with Crippen molar-refractivity contribution in [3.8, 4) is 17.2 Å². The van der Waals surface area contributed by atoms with Crippen LogP contribution in [0.5, 0.6) is 17.2 Å². The predicted octanol–water partition coefficient (Wildman–Crippen LogP) is 5.30. The fourth-order valence-corrected chi connectivity index (χ4v) is 4.63. The third-order valence-electron chi connectivity index (χ3n) is 6.23. The average molecular weight is 449 g/mol. The summed E-state index contributed by atoms with van der Waals surface area (Å²) in [4.78, 5) is 30.0. The van der Waals surface area contributed by atoms with Gasteiger partial charge in [-0.2, -0.15) is 0 Å². The number of carbonyl (C=O) groups is 2. The quantitative estimate of drug-likeness (QED) is 0.240. The maximum atomic E-state index is 13.2. The van der Waals surface area contributed by atoms with Gasteiger partial charge in [0.15, 0.2) is 5.76 Å². The van der Waals surface area contributed by atoms with Gasteiger partial charge < -0.3 is 14.2 Å². The largest absolute Gasteiger partial charge is 0.496 e. The molecule has 0 saturated heterocycles. The summed E-state index contributed by atoms with van der Waals surface area (Å²) in [6, 6.07) is 20.5. The number of aromatic nitrogens is 1. The lowest BCUT2D eigenvalue weighted by molar-refractivity contribution is -0.135. The molecule has 6 rings (SSSR count). The molecular formula is C28H19NO5. The molecule has 166 valence electrons. The van der Waals surface area contributed by atoms with Crippen molar-refractivity contribution in [2.24, 2.45) is 0 Å². The molecule has 6 nitrogen and oxygen atoms in total. The number of para-hydroxylation sites is 1. The standard InChI is InChI=1S/C28H19NO5/c1-32-22-7-3-2-5-18(22)14-24-27(31)19-9-11-23-26(28(19)34-24)20(15-25(30)33-23)16-8-10-21-17(13-16)6-4-12-29-21/h2-14,20H,15H2,1H3/b24-14-. The van der Waals surface area contributed by atoms with Crippen molar-refractivity contribution >= 4 is 28.7 Å². The van der Waals surface area contributed by atoms with E-state index in [1.54, 1.807) is 31.5 Å². The molecule has 0 spiro atoms. The highest BCUT2D eigenvalue weighted by atomic mass is 16.5. The molecule has 0 N–H and O–H groups in total. The van der Waals surface area contributed by atoms with E-state index in [1.807, 2.05) is 54.6 Å². The first kappa shape index (κ1) is 20.2. The molecule has 3 heterocycles. The number of benzene rings is 3. The van der Waals surface area contributed by atoms with E-state index in [9.17, 15) is 9.59 Å². The van der Waals surface area contributed by atoms with Crippen LogP contribution < -0.4 is 14.2 Å². The summed E-state index contributed by atoms with van der Waals surface area (Å²) in [6.07, 6.45) is 3.58. The molecule has 4 aromatic rings. The molecule has 0 radical (unpaired) electrons. The molecule has 1 atom stereocenters. The van der Waals surface area contributed by atoms with E-state index in [-0.39, 0.29) is 29.9 Å². The topological polar surface area (TPSA) is 74.7 Å². The van der Waals surface area contributed by atoms with E-state index in [2.05, 4.69) is 4.98 Å². The number of esters is 1. The molecule has 2 aliphatic rings. The Balaban J connectivity index is 1.47. The van der Waals surface area contributed by atoms with E-state index in [0.717, 1.165) is 22.0 Å². The monoisotopic (exact) mass is 449 g/mol. The molecule has 0 amide bonds. The number of fused-ring (bicyclic) bond motifs is 4. The van der Waals surface area contributed by atoms with Crippen LogP contribution in [0.4, 0.5) is 0 Å². The van der Waals surface area contributed by atoms with Gasteiger partial charge in [-0.3, -0.25) is 14.6 Å². The normalized spacial score (nSPS) is 17.8. The first-order valence-corrected chi connectivity index (χ1v) is 10.9. The molecule has 2 aliphatic heterocycles. The summed E-state index contributed by atoms with van der Waals surface area (Å²) >= 11 is 0. The molecule has 34 heavy (non-hydrogen) atoms. The number of hydrogen-bond donors (Lipinski definition) is 0. The molecule has 1 aromatic heterocycles. The van der Waals surface area contributed by atoms with Gasteiger partial charge in [0.05, 0.1) is 24.6 Å². The van der Waals surface area contributed by atoms with Crippen LogP contribution in [0.3, 0.4) is 0 Å². The fourth-order valence-electron chi connectivity index (χ4n) is 4.63. The molecule has 0 saturated carbocycles. The number of allylic oxidation sites excluding steroid dienone is 1. The number of ether oxygens (including phenoxy) is 3. The average Bonchev–Trinajstić information content (AvgIpc) is 3.18. The second kappa shape index (κ2) is 7.85. The number of pyridine rings is 1. The SMILES string of the molecule is COc1ccccc1/C=C1\Oc2c(ccc3c2C(c2ccc4ncccc4c2)CC(=O)O3)C1=O. The molecule has 3 aromatic carbocycles. The van der Waals surface area contributed by atoms with Crippen LogP contribution in [-0.2, 0) is 4.79 Å². The van der Waals surface area contributed by atoms with E-state index in [4.69, 9.17) is 14.2 Å². The van der Waals surface area contributed by atoms with Crippen LogP contribution in [0, 0.1) is 0 Å². The minimum absolute atomic E-state index is 0.151. The van der Waals surface area contributed by atoms with Crippen molar-refractivity contribution in [1.29, 1.82) is 0 Å². The van der Waals surface area contributed by atoms with Crippen molar-refractivity contribution in [3.05, 3.63) is 101 Å². The summed E-state index contributed by atoms with van der Waals surface area (Å²) in [7, 11) is 1.58. The van der Waals surface area contributed by atoms with Gasteiger partial charge in [-0.05, 0) is 48.0 Å². The summed E-state index contributed by atoms with van der Waals surface area (Å²) in [5.74, 6) is 0.839. The second-order valence-corrected chi connectivity index (χ2v) is 8.22. The predicted molar refractivity (Wildman–Crippen MR) is 126 cm³/mol. The molecule has 1 unspecified atom stereocenters. The van der Waals surface area contributed by atoms with Crippen LogP contribution in [0.25, 0.3) is 17.0 Å². The van der Waals surface area contributed by atoms with E-state index < -0.39 is 0 Å². The van der Waals surface area contributed by atoms with Gasteiger partial charge in [0.2, 0.25) is 5.78 Å². The Bertz CT molecular complexity index is 1520. The first-order valence-electron chi connectivity index (χ1n) is 10.9. The van der Waals surface area contributed by atoms with E-state index in [1.165, 1.54) is 0 Å². The Morgan fingerprint density at radius 1 is 1.00 bits per heavy atom. The lowest BCUT2D eigenvalue weighted by Gasteiger charge is -2.26. The summed E-state index contributed by atoms with van der Waals surface area (Å²) in [5.41, 5.74) is 3.70. The van der Waals surface area contributed by atoms with Crippen LogP contribution in [-0.4, -0.2) is 23.8 Å². The van der Waals surface area contributed by atoms with Crippen molar-refractivity contribution in [2.75, 3.05) is 7.11 Å². The van der Waals surface area contributed by atoms with Crippen LogP contribution in [0.2, 0.25) is 0 Å². The summed E-state index contributed by atoms with van der Waals surface area (Å²) in [5, 5.41) is 0.974. The molecular weight excluding hydrogens is 430 g/mol. The number of nitrogens with zero attached hydrogens (tertiary/aromatic N) is 1. The highest BCUT2D eigenvalue weighted by molar-refractivity contribution is 6.15. The molecule has 0 aliphatic carbocycles. The van der Waals surface area contributed by atoms with Gasteiger partial charge in [-0.25, -0.2) is 0 Å². The molecule has 0 bridgehead atoms. The zero-order valence-corrected chi connectivity index (χ0v) is 18.3. The van der Waals surface area contributed by atoms with Gasteiger partial charge in [-0.15, -0.1) is 0 Å². The van der Waals surface area contributed by atoms with Crippen LogP contribution >= 0.6 is 0 Å². The molecule has 0 fully saturated rings. The van der Waals surface area contributed by atoms with Gasteiger partial charge in [0.1, 0.15) is 17.2 Å². The maximum absolute atomic E-state index is 13.2. The highest BCUT2D eigenvalue weighted by Crippen LogP contribution is 2.49. The Labute approximate surface area is 195 Å². The summed E-state index contributed by atoms with van der Waals surface area (Å²) < 4.78 is 17.1. The zero-order chi connectivity index (χ0) is 23.2. The number of methoxy groups -OCH3 is 1. The van der Waals surface area contributed by atoms with Crippen molar-refractivity contribution < 1.29 is 23.8 Å². The highest BCUT2D eigenvalue weighted by Gasteiger charge is 2.38. The zero-order valence-electron chi connectivity index (χ0n) is 18.3. The second-order valence-electron chi connectivity index (χ2n) is 8.22. The van der Waals surface area contributed by atoms with E-state index in [0.29, 0.717) is 28.4 Å². The number of ketones is 1. The van der Waals surface area contributed by atoms with Crippen LogP contribution in [0.15, 0.2) is 78.7 Å². The number of rotatable bonds is 3. The third-order valence-corrected chi connectivity index (χ3v) is 6.23. The van der Waals surface area contributed by atoms with Crippen molar-refractivity contribution in [2.45, 2.75) is 12.3 Å². The minimum atomic E-state index is -0.321. The fraction of sp³-hybridized carbons (Fsp3) is 0.107. The third kappa shape index (κ3) is 3.23. The number of carbonyl (C=O) groups excluding carboxylic acids is 2. The Morgan fingerprint density at radius 2 is 1.88 bits per heavy atom. The van der Waals surface area contributed by atoms with Gasteiger partial charge >= 0.3 is 5.97 Å². The summed E-state index contributed by atoms with van der Waals surface area (Å²) in [6.45, 7) is 0. The molecule has 6 heteroatoms. The van der Waals surface area contributed by atoms with Crippen molar-refractivity contribution in [1.82, 2.24) is 4.98 Å². The lowest BCUT2D eigenvalue weighted by Crippen LogP contribution is -2.21. The minimum Gasteiger partial charge on any atom is -0.496 e. The van der Waals surface area contributed by atoms with Gasteiger partial charge in [0, 0.05) is 28.6 Å². The Morgan fingerprint density at radius 3 is 2.76 bits per heavy atom. The Kier molecular flexibility index (Phi) is 4.66. The smallest absolute Gasteiger partial charge is 0.312 e. The van der Waals surface area contributed by atoms with Gasteiger partial charge in [-0.1, -0.05) is 30.3 Å². The first-order chi connectivity index (χ1) is 16.6.